The summed E-state index contributed by atoms with van der Waals surface area (Å²) in [4.78, 5) is 0. The molecule has 0 aliphatic heterocycles. The molecule has 0 aliphatic carbocycles. The van der Waals surface area contributed by atoms with Crippen molar-refractivity contribution in [1.82, 2.24) is 9.78 Å². The van der Waals surface area contributed by atoms with E-state index in [1.54, 1.807) is 0 Å². The summed E-state index contributed by atoms with van der Waals surface area (Å²) in [5, 5.41) is 12.3. The van der Waals surface area contributed by atoms with Gasteiger partial charge in [-0.05, 0) is 62.0 Å². The van der Waals surface area contributed by atoms with Crippen molar-refractivity contribution in [3.63, 3.8) is 0 Å². The summed E-state index contributed by atoms with van der Waals surface area (Å²) in [6.45, 7) is 4.59. The number of aromatic nitrogens is 2. The second-order valence-corrected chi connectivity index (χ2v) is 7.61. The van der Waals surface area contributed by atoms with E-state index in [-0.39, 0.29) is 0 Å². The number of thiocarbonyl (C=S) groups is 1. The van der Waals surface area contributed by atoms with E-state index in [4.69, 9.17) is 23.8 Å². The number of halogens is 2. The average Bonchev–Trinajstić information content (AvgIpc) is 2.86. The van der Waals surface area contributed by atoms with Gasteiger partial charge in [0.1, 0.15) is 0 Å². The van der Waals surface area contributed by atoms with Gasteiger partial charge >= 0.3 is 0 Å². The second kappa shape index (κ2) is 8.20. The first-order chi connectivity index (χ1) is 12.4. The van der Waals surface area contributed by atoms with Gasteiger partial charge in [0.25, 0.3) is 0 Å². The van der Waals surface area contributed by atoms with Crippen LogP contribution in [0.4, 0.5) is 11.4 Å². The van der Waals surface area contributed by atoms with Gasteiger partial charge in [-0.25, -0.2) is 0 Å². The zero-order chi connectivity index (χ0) is 18.7. The fourth-order valence-corrected chi connectivity index (χ4v) is 3.31. The lowest BCUT2D eigenvalue weighted by molar-refractivity contribution is 0.659. The molecule has 1 aromatic heterocycles. The van der Waals surface area contributed by atoms with Crippen LogP contribution in [-0.2, 0) is 6.54 Å². The van der Waals surface area contributed by atoms with Crippen molar-refractivity contribution in [3.8, 4) is 0 Å². The van der Waals surface area contributed by atoms with Crippen LogP contribution in [0.1, 0.15) is 17.0 Å². The van der Waals surface area contributed by atoms with Crippen LogP contribution in [0.3, 0.4) is 0 Å². The summed E-state index contributed by atoms with van der Waals surface area (Å²) < 4.78 is 2.95. The number of hydrogen-bond donors (Lipinski definition) is 2. The summed E-state index contributed by atoms with van der Waals surface area (Å²) >= 11 is 15.1. The molecule has 0 spiro atoms. The molecule has 0 atom stereocenters. The molecule has 2 aromatic carbocycles. The number of nitrogens with zero attached hydrogens (tertiary/aromatic N) is 2. The molecule has 0 unspecified atom stereocenters. The third kappa shape index (κ3) is 4.44. The lowest BCUT2D eigenvalue weighted by Crippen LogP contribution is -2.20. The van der Waals surface area contributed by atoms with Crippen LogP contribution < -0.4 is 10.6 Å². The van der Waals surface area contributed by atoms with Crippen molar-refractivity contribution in [1.29, 1.82) is 0 Å². The Morgan fingerprint density at radius 1 is 1.12 bits per heavy atom. The molecule has 26 heavy (non-hydrogen) atoms. The van der Waals surface area contributed by atoms with Crippen molar-refractivity contribution in [3.05, 3.63) is 75.0 Å². The number of rotatable bonds is 4. The molecule has 0 bridgehead atoms. The predicted octanol–water partition coefficient (Wildman–Crippen LogP) is 5.77. The van der Waals surface area contributed by atoms with E-state index >= 15 is 0 Å². The molecule has 2 N–H and O–H groups in total. The minimum Gasteiger partial charge on any atom is -0.332 e. The monoisotopic (exact) mass is 448 g/mol. The van der Waals surface area contributed by atoms with Crippen molar-refractivity contribution >= 4 is 56.2 Å². The Labute approximate surface area is 171 Å². The van der Waals surface area contributed by atoms with E-state index in [0.29, 0.717) is 11.7 Å². The van der Waals surface area contributed by atoms with E-state index in [1.165, 1.54) is 0 Å². The van der Waals surface area contributed by atoms with Crippen molar-refractivity contribution < 1.29 is 0 Å². The zero-order valence-corrected chi connectivity index (χ0v) is 17.5. The van der Waals surface area contributed by atoms with E-state index in [1.807, 2.05) is 67.1 Å². The summed E-state index contributed by atoms with van der Waals surface area (Å²) in [6.07, 6.45) is 0. The molecule has 0 saturated heterocycles. The normalized spacial score (nSPS) is 10.6. The number of nitrogens with one attached hydrogen (secondary N) is 2. The Bertz CT molecular complexity index is 937. The van der Waals surface area contributed by atoms with Gasteiger partial charge in [0.2, 0.25) is 0 Å². The minimum absolute atomic E-state index is 0.524. The molecule has 1 heterocycles. The maximum absolute atomic E-state index is 6.27. The first-order valence-electron chi connectivity index (χ1n) is 8.05. The van der Waals surface area contributed by atoms with Crippen molar-refractivity contribution in [2.45, 2.75) is 20.4 Å². The summed E-state index contributed by atoms with van der Waals surface area (Å²) in [7, 11) is 0. The molecule has 0 fully saturated rings. The average molecular weight is 450 g/mol. The van der Waals surface area contributed by atoms with Gasteiger partial charge < -0.3 is 10.6 Å². The molecule has 134 valence electrons. The molecule has 3 rings (SSSR count). The Balaban J connectivity index is 1.74. The highest BCUT2D eigenvalue weighted by molar-refractivity contribution is 9.10. The number of hydrogen-bond acceptors (Lipinski definition) is 2. The molecule has 3 aromatic rings. The second-order valence-electron chi connectivity index (χ2n) is 5.88. The van der Waals surface area contributed by atoms with Gasteiger partial charge in [0.05, 0.1) is 23.6 Å². The molecular weight excluding hydrogens is 432 g/mol. The number of benzene rings is 2. The predicted molar refractivity (Wildman–Crippen MR) is 116 cm³/mol. The highest BCUT2D eigenvalue weighted by Gasteiger charge is 2.14. The van der Waals surface area contributed by atoms with Crippen LogP contribution >= 0.6 is 39.7 Å². The fourth-order valence-electron chi connectivity index (χ4n) is 2.63. The van der Waals surface area contributed by atoms with Crippen LogP contribution in [0, 0.1) is 13.8 Å². The highest BCUT2D eigenvalue weighted by atomic mass is 79.9. The van der Waals surface area contributed by atoms with Crippen LogP contribution in [0.2, 0.25) is 5.02 Å². The third-order valence-corrected chi connectivity index (χ3v) is 5.10. The van der Waals surface area contributed by atoms with Crippen molar-refractivity contribution in [2.24, 2.45) is 0 Å². The first-order valence-corrected chi connectivity index (χ1v) is 9.63. The Morgan fingerprint density at radius 2 is 1.81 bits per heavy atom. The number of anilines is 2. The smallest absolute Gasteiger partial charge is 0.175 e. The van der Waals surface area contributed by atoms with Gasteiger partial charge in [-0.1, -0.05) is 45.7 Å². The highest BCUT2D eigenvalue weighted by Crippen LogP contribution is 2.23. The quantitative estimate of drug-likeness (QED) is 0.496. The first kappa shape index (κ1) is 18.9. The molecule has 0 radical (unpaired) electrons. The van der Waals surface area contributed by atoms with Crippen LogP contribution in [0.5, 0.6) is 0 Å². The van der Waals surface area contributed by atoms with Gasteiger partial charge in [-0.2, -0.15) is 5.10 Å². The van der Waals surface area contributed by atoms with Gasteiger partial charge in [0, 0.05) is 15.2 Å². The van der Waals surface area contributed by atoms with Crippen molar-refractivity contribution in [2.75, 3.05) is 10.6 Å². The summed E-state index contributed by atoms with van der Waals surface area (Å²) in [6, 6.07) is 15.6. The van der Waals surface area contributed by atoms with E-state index in [9.17, 15) is 0 Å². The molecule has 4 nitrogen and oxygen atoms in total. The largest absolute Gasteiger partial charge is 0.332 e. The zero-order valence-electron chi connectivity index (χ0n) is 14.4. The maximum atomic E-state index is 6.27. The van der Waals surface area contributed by atoms with E-state index in [0.717, 1.165) is 37.8 Å². The molecule has 0 aliphatic rings. The van der Waals surface area contributed by atoms with Gasteiger partial charge in [-0.15, -0.1) is 0 Å². The SMILES string of the molecule is Cc1nn(Cc2ccccc2Cl)c(C)c1NC(=S)Nc1ccc(Br)cc1. The standard InChI is InChI=1S/C19H18BrClN4S/c1-12-18(23-19(26)22-16-9-7-15(20)8-10-16)13(2)25(24-12)11-14-5-3-4-6-17(14)21/h3-10H,11H2,1-2H3,(H2,22,23,26). The topological polar surface area (TPSA) is 41.9 Å². The maximum Gasteiger partial charge on any atom is 0.175 e. The summed E-state index contributed by atoms with van der Waals surface area (Å²) in [5.41, 5.74) is 4.75. The van der Waals surface area contributed by atoms with E-state index in [2.05, 4.69) is 31.7 Å². The lowest BCUT2D eigenvalue weighted by Gasteiger charge is -2.11. The van der Waals surface area contributed by atoms with Crippen LogP contribution in [0.15, 0.2) is 53.0 Å². The number of aryl methyl sites for hydroxylation is 1. The summed E-state index contributed by atoms with van der Waals surface area (Å²) in [5.74, 6) is 0. The van der Waals surface area contributed by atoms with Gasteiger partial charge in [0.15, 0.2) is 5.11 Å². The van der Waals surface area contributed by atoms with Gasteiger partial charge in [-0.3, -0.25) is 4.68 Å². The Kier molecular flexibility index (Phi) is 5.96. The molecule has 0 saturated carbocycles. The third-order valence-electron chi connectivity index (χ3n) is 4.00. The molecular formula is C19H18BrClN4S. The Morgan fingerprint density at radius 3 is 2.50 bits per heavy atom. The Hall–Kier alpha value is -1.89. The fraction of sp³-hybridized carbons (Fsp3) is 0.158. The molecule has 7 heteroatoms. The van der Waals surface area contributed by atoms with Crippen LogP contribution in [0.25, 0.3) is 0 Å². The van der Waals surface area contributed by atoms with Crippen LogP contribution in [-0.4, -0.2) is 14.9 Å². The van der Waals surface area contributed by atoms with E-state index < -0.39 is 0 Å². The lowest BCUT2D eigenvalue weighted by atomic mass is 10.2. The molecule has 0 amide bonds. The minimum atomic E-state index is 0.524.